The highest BCUT2D eigenvalue weighted by molar-refractivity contribution is 7.12. The molecule has 0 unspecified atom stereocenters. The van der Waals surface area contributed by atoms with E-state index in [2.05, 4.69) is 10.3 Å². The van der Waals surface area contributed by atoms with Crippen LogP contribution >= 0.6 is 11.3 Å². The number of aromatic nitrogens is 1. The van der Waals surface area contributed by atoms with E-state index in [9.17, 15) is 9.59 Å². The van der Waals surface area contributed by atoms with Crippen LogP contribution in [0, 0.1) is 0 Å². The van der Waals surface area contributed by atoms with E-state index in [1.165, 1.54) is 11.3 Å². The number of amides is 1. The van der Waals surface area contributed by atoms with Crippen LogP contribution in [0.15, 0.2) is 11.6 Å². The van der Waals surface area contributed by atoms with Crippen molar-refractivity contribution in [1.29, 1.82) is 0 Å². The fraction of sp³-hybridized carbons (Fsp3) is 0.643. The second kappa shape index (κ2) is 5.88. The smallest absolute Gasteiger partial charge is 0.408 e. The number of thiazole rings is 1. The van der Waals surface area contributed by atoms with E-state index < -0.39 is 24.9 Å². The summed E-state index contributed by atoms with van der Waals surface area (Å²) in [5.41, 5.74) is -0.603. The Labute approximate surface area is 131 Å². The molecular formula is C14H24N2O3SSi. The molecule has 1 atom stereocenters. The van der Waals surface area contributed by atoms with Gasteiger partial charge in [0.25, 0.3) is 0 Å². The van der Waals surface area contributed by atoms with Gasteiger partial charge in [0.15, 0.2) is 5.01 Å². The minimum Gasteiger partial charge on any atom is -0.444 e. The standard InChI is InChI=1S/C14H24N2O3SSi/c1-13(2,3)19-12(18)16-14(4,21(5,6)7)10(17)11-15-8-9-20-11/h8-9H,1-7H3,(H,16,18)/t14-/m1/s1. The Hall–Kier alpha value is -1.21. The van der Waals surface area contributed by atoms with Gasteiger partial charge in [0.05, 0.1) is 13.2 Å². The lowest BCUT2D eigenvalue weighted by Crippen LogP contribution is -2.66. The Morgan fingerprint density at radius 2 is 1.81 bits per heavy atom. The summed E-state index contributed by atoms with van der Waals surface area (Å²) >= 11 is 1.28. The lowest BCUT2D eigenvalue weighted by molar-refractivity contribution is 0.0477. The molecule has 0 bridgehead atoms. The number of rotatable bonds is 4. The molecule has 1 aromatic rings. The van der Waals surface area contributed by atoms with Crippen molar-refractivity contribution < 1.29 is 14.3 Å². The highest BCUT2D eigenvalue weighted by atomic mass is 32.1. The molecule has 1 heterocycles. The molecule has 1 aromatic heterocycles. The average Bonchev–Trinajstić information content (AvgIpc) is 2.76. The highest BCUT2D eigenvalue weighted by Crippen LogP contribution is 2.26. The summed E-state index contributed by atoms with van der Waals surface area (Å²) in [5.74, 6) is -0.150. The second-order valence-corrected chi connectivity index (χ2v) is 13.6. The average molecular weight is 329 g/mol. The van der Waals surface area contributed by atoms with E-state index in [0.29, 0.717) is 5.01 Å². The third-order valence-electron chi connectivity index (χ3n) is 3.33. The van der Waals surface area contributed by atoms with Gasteiger partial charge in [-0.2, -0.15) is 0 Å². The number of carbonyl (C=O) groups excluding carboxylic acids is 2. The van der Waals surface area contributed by atoms with E-state index in [1.54, 1.807) is 39.3 Å². The molecule has 1 N–H and O–H groups in total. The van der Waals surface area contributed by atoms with E-state index in [0.717, 1.165) is 0 Å². The van der Waals surface area contributed by atoms with Crippen LogP contribution in [0.25, 0.3) is 0 Å². The van der Waals surface area contributed by atoms with Crippen molar-refractivity contribution in [3.63, 3.8) is 0 Å². The molecule has 0 radical (unpaired) electrons. The van der Waals surface area contributed by atoms with Crippen LogP contribution in [-0.2, 0) is 4.74 Å². The van der Waals surface area contributed by atoms with Gasteiger partial charge in [-0.05, 0) is 27.7 Å². The Balaban J connectivity index is 3.06. The number of ketones is 1. The zero-order valence-corrected chi connectivity index (χ0v) is 15.6. The molecule has 1 amide bonds. The molecule has 1 rings (SSSR count). The first-order chi connectivity index (χ1) is 9.37. The van der Waals surface area contributed by atoms with E-state index in [1.807, 2.05) is 19.6 Å². The number of ether oxygens (including phenoxy) is 1. The van der Waals surface area contributed by atoms with Crippen LogP contribution in [0.4, 0.5) is 4.79 Å². The Morgan fingerprint density at radius 3 is 2.19 bits per heavy atom. The maximum atomic E-state index is 12.8. The zero-order valence-electron chi connectivity index (χ0n) is 13.7. The van der Waals surface area contributed by atoms with Crippen molar-refractivity contribution in [2.24, 2.45) is 0 Å². The maximum absolute atomic E-state index is 12.8. The SMILES string of the molecule is CC(C)(C)OC(=O)N[C@@](C)(C(=O)c1nccs1)[Si](C)(C)C. The molecule has 5 nitrogen and oxygen atoms in total. The number of carbonyl (C=O) groups is 2. The minimum atomic E-state index is -2.06. The van der Waals surface area contributed by atoms with Gasteiger partial charge in [-0.15, -0.1) is 11.3 Å². The largest absolute Gasteiger partial charge is 0.444 e. The summed E-state index contributed by atoms with van der Waals surface area (Å²) < 4.78 is 5.30. The number of Topliss-reactive ketones (excluding diaryl/α,β-unsaturated/α-hetero) is 1. The summed E-state index contributed by atoms with van der Waals surface area (Å²) in [6.07, 6.45) is 1.02. The quantitative estimate of drug-likeness (QED) is 0.678. The Kier molecular flexibility index (Phi) is 5.00. The van der Waals surface area contributed by atoms with E-state index >= 15 is 0 Å². The third kappa shape index (κ3) is 4.37. The predicted molar refractivity (Wildman–Crippen MR) is 87.6 cm³/mol. The van der Waals surface area contributed by atoms with Crippen molar-refractivity contribution in [3.05, 3.63) is 16.6 Å². The number of hydrogen-bond acceptors (Lipinski definition) is 5. The highest BCUT2D eigenvalue weighted by Gasteiger charge is 2.48. The molecule has 0 aliphatic rings. The summed E-state index contributed by atoms with van der Waals surface area (Å²) in [7, 11) is -2.06. The lowest BCUT2D eigenvalue weighted by Gasteiger charge is -2.39. The van der Waals surface area contributed by atoms with Gasteiger partial charge in [0.1, 0.15) is 5.60 Å². The van der Waals surface area contributed by atoms with Crippen LogP contribution in [0.3, 0.4) is 0 Å². The first-order valence-corrected chi connectivity index (χ1v) is 11.2. The number of nitrogens with one attached hydrogen (secondary N) is 1. The molecule has 0 saturated carbocycles. The van der Waals surface area contributed by atoms with Crippen molar-refractivity contribution in [3.8, 4) is 0 Å². The van der Waals surface area contributed by atoms with Gasteiger partial charge in [0.2, 0.25) is 5.78 Å². The molecule has 0 saturated heterocycles. The van der Waals surface area contributed by atoms with Gasteiger partial charge in [-0.3, -0.25) is 4.79 Å². The lowest BCUT2D eigenvalue weighted by atomic mass is 10.2. The van der Waals surface area contributed by atoms with Gasteiger partial charge in [0, 0.05) is 11.6 Å². The molecule has 21 heavy (non-hydrogen) atoms. The third-order valence-corrected chi connectivity index (χ3v) is 7.46. The number of alkyl carbamates (subject to hydrolysis) is 1. The molecule has 7 heteroatoms. The molecule has 0 fully saturated rings. The molecule has 0 aliphatic heterocycles. The molecule has 118 valence electrons. The summed E-state index contributed by atoms with van der Waals surface area (Å²) in [4.78, 5) is 29.0. The normalized spacial score (nSPS) is 15.2. The Morgan fingerprint density at radius 1 is 1.24 bits per heavy atom. The van der Waals surface area contributed by atoms with Gasteiger partial charge >= 0.3 is 6.09 Å². The summed E-state index contributed by atoms with van der Waals surface area (Å²) in [6, 6.07) is 0. The second-order valence-electron chi connectivity index (χ2n) is 7.17. The van der Waals surface area contributed by atoms with E-state index in [4.69, 9.17) is 4.74 Å². The van der Waals surface area contributed by atoms with Crippen LogP contribution < -0.4 is 5.32 Å². The number of hydrogen-bond donors (Lipinski definition) is 1. The zero-order chi connectivity index (χ0) is 16.5. The van der Waals surface area contributed by atoms with Crippen molar-refractivity contribution in [2.75, 3.05) is 0 Å². The maximum Gasteiger partial charge on any atom is 0.408 e. The van der Waals surface area contributed by atoms with Gasteiger partial charge in [-0.25, -0.2) is 9.78 Å². The molecule has 0 aromatic carbocycles. The monoisotopic (exact) mass is 328 g/mol. The van der Waals surface area contributed by atoms with Crippen LogP contribution in [-0.4, -0.2) is 35.7 Å². The summed E-state index contributed by atoms with van der Waals surface area (Å²) in [6.45, 7) is 13.3. The molecule has 0 aliphatic carbocycles. The fourth-order valence-electron chi connectivity index (χ4n) is 1.64. The number of nitrogens with zero attached hydrogens (tertiary/aromatic N) is 1. The molecular weight excluding hydrogens is 304 g/mol. The van der Waals surface area contributed by atoms with Gasteiger partial charge in [-0.1, -0.05) is 19.6 Å². The molecule has 0 spiro atoms. The van der Waals surface area contributed by atoms with Gasteiger partial charge < -0.3 is 10.1 Å². The van der Waals surface area contributed by atoms with Crippen LogP contribution in [0.1, 0.15) is 37.5 Å². The van der Waals surface area contributed by atoms with Crippen molar-refractivity contribution in [1.82, 2.24) is 10.3 Å². The minimum absolute atomic E-state index is 0.150. The first-order valence-electron chi connectivity index (χ1n) is 6.82. The van der Waals surface area contributed by atoms with Crippen LogP contribution in [0.2, 0.25) is 19.6 Å². The van der Waals surface area contributed by atoms with Crippen LogP contribution in [0.5, 0.6) is 0 Å². The topological polar surface area (TPSA) is 68.3 Å². The van der Waals surface area contributed by atoms with Crippen molar-refractivity contribution in [2.45, 2.75) is 58.1 Å². The Bertz CT molecular complexity index is 517. The van der Waals surface area contributed by atoms with Crippen molar-refractivity contribution >= 4 is 31.3 Å². The first kappa shape index (κ1) is 17.8. The fourth-order valence-corrected chi connectivity index (χ4v) is 3.69. The summed E-state index contributed by atoms with van der Waals surface area (Å²) in [5, 5.41) is 4.00. The predicted octanol–water partition coefficient (Wildman–Crippen LogP) is 3.49. The van der Waals surface area contributed by atoms with E-state index in [-0.39, 0.29) is 5.78 Å².